The molecule has 0 spiro atoms. The number of amides is 1. The van der Waals surface area contributed by atoms with Crippen molar-refractivity contribution in [1.29, 1.82) is 5.26 Å². The molecule has 2 saturated heterocycles. The van der Waals surface area contributed by atoms with Gasteiger partial charge in [-0.25, -0.2) is 0 Å². The van der Waals surface area contributed by atoms with Crippen LogP contribution in [0.4, 0.5) is 5.82 Å². The van der Waals surface area contributed by atoms with Gasteiger partial charge in [0.2, 0.25) is 0 Å². The molecule has 3 rings (SSSR count). The third-order valence-electron chi connectivity index (χ3n) is 8.13. The molecule has 0 bridgehead atoms. The van der Waals surface area contributed by atoms with Gasteiger partial charge in [-0.3, -0.25) is 19.1 Å². The Hall–Kier alpha value is -2.11. The zero-order chi connectivity index (χ0) is 28.4. The van der Waals surface area contributed by atoms with E-state index in [-0.39, 0.29) is 17.0 Å². The van der Waals surface area contributed by atoms with Gasteiger partial charge in [0, 0.05) is 31.7 Å². The first-order valence-electron chi connectivity index (χ1n) is 15.0. The summed E-state index contributed by atoms with van der Waals surface area (Å²) in [6.07, 6.45) is 16.5. The number of piperidine rings is 1. The van der Waals surface area contributed by atoms with Crippen LogP contribution in [0.25, 0.3) is 6.08 Å². The fraction of sp³-hybridized carbons (Fsp3) is 0.677. The molecule has 0 atom stereocenters. The topological polar surface area (TPSA) is 69.3 Å². The van der Waals surface area contributed by atoms with Gasteiger partial charge >= 0.3 is 0 Å². The van der Waals surface area contributed by atoms with Crippen LogP contribution < -0.4 is 10.5 Å². The van der Waals surface area contributed by atoms with Crippen LogP contribution in [0.15, 0.2) is 9.70 Å². The molecule has 2 aliphatic heterocycles. The molecule has 0 N–H and O–H groups in total. The summed E-state index contributed by atoms with van der Waals surface area (Å²) in [5.41, 5.74) is 1.33. The SMILES string of the molecule is CCCCCCCCCCCCN1C(=O)/C(=C/c2c(C)c(C#N)c(=O)n(CC)c2N2CCC(C)CC2)SC1=S. The van der Waals surface area contributed by atoms with Gasteiger partial charge in [-0.2, -0.15) is 5.26 Å². The Balaban J connectivity index is 1.73. The summed E-state index contributed by atoms with van der Waals surface area (Å²) >= 11 is 6.95. The van der Waals surface area contributed by atoms with Crippen molar-refractivity contribution in [3.63, 3.8) is 0 Å². The molecule has 1 aromatic heterocycles. The number of thiocarbonyl (C=S) groups is 1. The van der Waals surface area contributed by atoms with Crippen molar-refractivity contribution in [3.8, 4) is 6.07 Å². The first-order chi connectivity index (χ1) is 18.8. The molecule has 8 heteroatoms. The van der Waals surface area contributed by atoms with Gasteiger partial charge in [0.25, 0.3) is 11.5 Å². The molecule has 39 heavy (non-hydrogen) atoms. The molecule has 0 aliphatic carbocycles. The summed E-state index contributed by atoms with van der Waals surface area (Å²) in [5, 5.41) is 9.80. The third kappa shape index (κ3) is 7.98. The predicted molar refractivity (Wildman–Crippen MR) is 168 cm³/mol. The number of carbonyl (C=O) groups is 1. The number of hydrogen-bond acceptors (Lipinski definition) is 6. The highest BCUT2D eigenvalue weighted by Gasteiger charge is 2.33. The predicted octanol–water partition coefficient (Wildman–Crippen LogP) is 7.41. The van der Waals surface area contributed by atoms with E-state index < -0.39 is 0 Å². The lowest BCUT2D eigenvalue weighted by Crippen LogP contribution is -2.39. The van der Waals surface area contributed by atoms with Crippen LogP contribution in [0.3, 0.4) is 0 Å². The quantitative estimate of drug-likeness (QED) is 0.132. The van der Waals surface area contributed by atoms with Crippen molar-refractivity contribution in [2.75, 3.05) is 24.5 Å². The fourth-order valence-electron chi connectivity index (χ4n) is 5.58. The molecule has 2 aliphatic rings. The lowest BCUT2D eigenvalue weighted by atomic mass is 9.97. The van der Waals surface area contributed by atoms with Gasteiger partial charge < -0.3 is 4.90 Å². The Morgan fingerprint density at radius 1 is 1.00 bits per heavy atom. The minimum absolute atomic E-state index is 0.0636. The zero-order valence-corrected chi connectivity index (χ0v) is 26.0. The highest BCUT2D eigenvalue weighted by molar-refractivity contribution is 8.26. The average molecular weight is 571 g/mol. The average Bonchev–Trinajstić information content (AvgIpc) is 3.19. The smallest absolute Gasteiger partial charge is 0.270 e. The van der Waals surface area contributed by atoms with Gasteiger partial charge in [0.15, 0.2) is 0 Å². The van der Waals surface area contributed by atoms with Crippen molar-refractivity contribution in [3.05, 3.63) is 31.9 Å². The Morgan fingerprint density at radius 3 is 2.15 bits per heavy atom. The second-order valence-electron chi connectivity index (χ2n) is 11.1. The minimum atomic E-state index is -0.253. The molecule has 1 amide bonds. The molecule has 6 nitrogen and oxygen atoms in total. The molecule has 0 saturated carbocycles. The van der Waals surface area contributed by atoms with Crippen LogP contribution in [-0.4, -0.2) is 39.3 Å². The van der Waals surface area contributed by atoms with Gasteiger partial charge in [-0.05, 0) is 50.7 Å². The number of aromatic nitrogens is 1. The van der Waals surface area contributed by atoms with Gasteiger partial charge in [-0.1, -0.05) is 95.6 Å². The maximum absolute atomic E-state index is 13.4. The van der Waals surface area contributed by atoms with Gasteiger partial charge in [-0.15, -0.1) is 0 Å². The summed E-state index contributed by atoms with van der Waals surface area (Å²) in [7, 11) is 0. The van der Waals surface area contributed by atoms with Crippen LogP contribution in [0.5, 0.6) is 0 Å². The normalized spacial score (nSPS) is 17.5. The van der Waals surface area contributed by atoms with E-state index in [1.807, 2.05) is 19.9 Å². The maximum atomic E-state index is 13.4. The first-order valence-corrected chi connectivity index (χ1v) is 16.2. The summed E-state index contributed by atoms with van der Waals surface area (Å²) < 4.78 is 2.30. The van der Waals surface area contributed by atoms with E-state index in [1.54, 1.807) is 9.47 Å². The Labute approximate surface area is 244 Å². The van der Waals surface area contributed by atoms with E-state index in [0.717, 1.165) is 50.2 Å². The van der Waals surface area contributed by atoms with Crippen molar-refractivity contribution in [2.24, 2.45) is 5.92 Å². The van der Waals surface area contributed by atoms with E-state index in [9.17, 15) is 14.9 Å². The molecule has 2 fully saturated rings. The Kier molecular flexibility index (Phi) is 12.6. The van der Waals surface area contributed by atoms with Crippen LogP contribution in [-0.2, 0) is 11.3 Å². The van der Waals surface area contributed by atoms with E-state index in [2.05, 4.69) is 24.8 Å². The number of anilines is 1. The molecule has 1 aromatic rings. The lowest BCUT2D eigenvalue weighted by Gasteiger charge is -2.35. The first kappa shape index (κ1) is 31.4. The van der Waals surface area contributed by atoms with Crippen molar-refractivity contribution >= 4 is 46.1 Å². The summed E-state index contributed by atoms with van der Waals surface area (Å²) in [6.45, 7) is 11.1. The molecule has 3 heterocycles. The highest BCUT2D eigenvalue weighted by Crippen LogP contribution is 2.37. The van der Waals surface area contributed by atoms with E-state index >= 15 is 0 Å². The third-order valence-corrected chi connectivity index (χ3v) is 9.51. The van der Waals surface area contributed by atoms with Crippen molar-refractivity contribution in [1.82, 2.24) is 9.47 Å². The van der Waals surface area contributed by atoms with Gasteiger partial charge in [0.1, 0.15) is 21.8 Å². The summed E-state index contributed by atoms with van der Waals surface area (Å²) in [6, 6.07) is 2.12. The maximum Gasteiger partial charge on any atom is 0.270 e. The molecule has 0 radical (unpaired) electrons. The summed E-state index contributed by atoms with van der Waals surface area (Å²) in [4.78, 5) is 31.2. The number of rotatable bonds is 14. The molecular formula is C31H46N4O2S2. The fourth-order valence-corrected chi connectivity index (χ4v) is 6.87. The number of carbonyl (C=O) groups excluding carboxylic acids is 1. The second kappa shape index (κ2) is 15.6. The van der Waals surface area contributed by atoms with Gasteiger partial charge in [0.05, 0.1) is 4.91 Å². The molecular weight excluding hydrogens is 525 g/mol. The number of hydrogen-bond donors (Lipinski definition) is 0. The number of nitrogens with zero attached hydrogens (tertiary/aromatic N) is 4. The lowest BCUT2D eigenvalue weighted by molar-refractivity contribution is -0.122. The Bertz CT molecular complexity index is 1140. The molecule has 0 unspecified atom stereocenters. The monoisotopic (exact) mass is 570 g/mol. The van der Waals surface area contributed by atoms with Crippen LogP contribution >= 0.6 is 24.0 Å². The number of unbranched alkanes of at least 4 members (excludes halogenated alkanes) is 9. The largest absolute Gasteiger partial charge is 0.357 e. The minimum Gasteiger partial charge on any atom is -0.357 e. The number of thioether (sulfide) groups is 1. The Morgan fingerprint density at radius 2 is 1.59 bits per heavy atom. The van der Waals surface area contributed by atoms with Crippen LogP contribution in [0.1, 0.15) is 115 Å². The molecule has 214 valence electrons. The second-order valence-corrected chi connectivity index (χ2v) is 12.8. The highest BCUT2D eigenvalue weighted by atomic mass is 32.2. The van der Waals surface area contributed by atoms with E-state index in [4.69, 9.17) is 12.2 Å². The standard InChI is InChI=1S/C31H46N4O2S2/c1-5-7-8-9-10-11-12-13-14-15-18-35-30(37)27(39-31(35)38)21-25-24(4)26(22-32)29(36)34(6-2)28(25)33-19-16-23(3)17-20-33/h21,23H,5-20H2,1-4H3/b27-21-. The van der Waals surface area contributed by atoms with E-state index in [1.165, 1.54) is 63.1 Å². The summed E-state index contributed by atoms with van der Waals surface area (Å²) in [5.74, 6) is 1.41. The van der Waals surface area contributed by atoms with Crippen LogP contribution in [0, 0.1) is 24.2 Å². The van der Waals surface area contributed by atoms with Crippen LogP contribution in [0.2, 0.25) is 0 Å². The number of nitriles is 1. The molecule has 0 aromatic carbocycles. The van der Waals surface area contributed by atoms with Crippen molar-refractivity contribution < 1.29 is 4.79 Å². The zero-order valence-electron chi connectivity index (χ0n) is 24.4. The van der Waals surface area contributed by atoms with Crippen molar-refractivity contribution in [2.45, 2.75) is 111 Å². The van der Waals surface area contributed by atoms with E-state index in [0.29, 0.717) is 33.8 Å². The number of pyridine rings is 1.